The molecule has 0 fully saturated rings. The van der Waals surface area contributed by atoms with Crippen molar-refractivity contribution in [2.45, 2.75) is 0 Å². The maximum absolute atomic E-state index is 5.08. The molecule has 12 heavy (non-hydrogen) atoms. The van der Waals surface area contributed by atoms with Gasteiger partial charge in [-0.15, -0.1) is 5.59 Å². The van der Waals surface area contributed by atoms with E-state index < -0.39 is 0 Å². The van der Waals surface area contributed by atoms with Gasteiger partial charge >= 0.3 is 0 Å². The molecule has 0 atom stereocenters. The van der Waals surface area contributed by atoms with Gasteiger partial charge in [0, 0.05) is 0 Å². The number of hydrogen-bond acceptors (Lipinski definition) is 4. The van der Waals surface area contributed by atoms with E-state index in [1.165, 1.54) is 7.11 Å². The van der Waals surface area contributed by atoms with Crippen molar-refractivity contribution in [2.24, 2.45) is 0 Å². The minimum atomic E-state index is 0.766. The Morgan fingerprint density at radius 1 is 1.17 bits per heavy atom. The van der Waals surface area contributed by atoms with Gasteiger partial charge in [0.2, 0.25) is 0 Å². The molecule has 1 aromatic rings. The lowest BCUT2D eigenvalue weighted by atomic mass is 10.3. The van der Waals surface area contributed by atoms with E-state index >= 15 is 0 Å². The largest absolute Gasteiger partial charge is 0.495 e. The van der Waals surface area contributed by atoms with Crippen molar-refractivity contribution < 1.29 is 9.57 Å². The molecule has 1 rings (SSSR count). The van der Waals surface area contributed by atoms with Gasteiger partial charge in [-0.2, -0.15) is 0 Å². The van der Waals surface area contributed by atoms with Gasteiger partial charge < -0.3 is 4.74 Å². The lowest BCUT2D eigenvalue weighted by Crippen LogP contribution is -2.19. The molecule has 0 aromatic heterocycles. The maximum atomic E-state index is 5.08. The topological polar surface area (TPSA) is 42.5 Å². The molecule has 0 saturated heterocycles. The van der Waals surface area contributed by atoms with Crippen molar-refractivity contribution in [3.05, 3.63) is 24.3 Å². The zero-order valence-corrected chi connectivity index (χ0v) is 7.13. The van der Waals surface area contributed by atoms with Crippen molar-refractivity contribution in [3.8, 4) is 5.75 Å². The van der Waals surface area contributed by atoms with Crippen molar-refractivity contribution in [1.82, 2.24) is 5.59 Å². The Labute approximate surface area is 71.4 Å². The predicted molar refractivity (Wildman–Crippen MR) is 46.8 cm³/mol. The quantitative estimate of drug-likeness (QED) is 0.662. The number of rotatable bonds is 4. The van der Waals surface area contributed by atoms with Crippen LogP contribution in [0.25, 0.3) is 0 Å². The van der Waals surface area contributed by atoms with Crippen molar-refractivity contribution >= 4 is 5.69 Å². The zero-order chi connectivity index (χ0) is 8.81. The van der Waals surface area contributed by atoms with Crippen LogP contribution in [0.15, 0.2) is 24.3 Å². The van der Waals surface area contributed by atoms with Crippen molar-refractivity contribution in [2.75, 3.05) is 19.6 Å². The second kappa shape index (κ2) is 4.58. The van der Waals surface area contributed by atoms with Gasteiger partial charge in [-0.05, 0) is 12.1 Å². The number of nitrogens with one attached hydrogen (secondary N) is 2. The van der Waals surface area contributed by atoms with Crippen LogP contribution in [-0.4, -0.2) is 14.2 Å². The van der Waals surface area contributed by atoms with Crippen LogP contribution in [0.3, 0.4) is 0 Å². The van der Waals surface area contributed by atoms with E-state index in [1.54, 1.807) is 7.11 Å². The molecule has 0 spiro atoms. The zero-order valence-electron chi connectivity index (χ0n) is 7.13. The highest BCUT2D eigenvalue weighted by Crippen LogP contribution is 2.21. The highest BCUT2D eigenvalue weighted by atomic mass is 16.7. The molecule has 0 radical (unpaired) electrons. The summed E-state index contributed by atoms with van der Waals surface area (Å²) >= 11 is 0. The van der Waals surface area contributed by atoms with Gasteiger partial charge in [0.15, 0.2) is 0 Å². The molecule has 4 heteroatoms. The first-order chi connectivity index (χ1) is 5.88. The number of hydrazine groups is 1. The minimum absolute atomic E-state index is 0.766. The molecule has 0 aliphatic rings. The molecular weight excluding hydrogens is 156 g/mol. The van der Waals surface area contributed by atoms with E-state index in [1.807, 2.05) is 24.3 Å². The van der Waals surface area contributed by atoms with Crippen LogP contribution in [0, 0.1) is 0 Å². The number of methoxy groups -OCH3 is 1. The average Bonchev–Trinajstić information content (AvgIpc) is 2.15. The van der Waals surface area contributed by atoms with E-state index in [0.29, 0.717) is 0 Å². The molecule has 0 aliphatic carbocycles. The fraction of sp³-hybridized carbons (Fsp3) is 0.250. The van der Waals surface area contributed by atoms with Crippen LogP contribution in [0.4, 0.5) is 5.69 Å². The molecule has 4 nitrogen and oxygen atoms in total. The molecule has 0 bridgehead atoms. The second-order valence-electron chi connectivity index (χ2n) is 2.13. The predicted octanol–water partition coefficient (Wildman–Crippen LogP) is 1.17. The standard InChI is InChI=1S/C8H12N2O2/c1-11-8-6-4-3-5-7(8)9-10-12-2/h3-6,9-10H,1-2H3. The Balaban J connectivity index is 2.68. The van der Waals surface area contributed by atoms with Crippen LogP contribution in [-0.2, 0) is 4.84 Å². The molecular formula is C8H12N2O2. The number of anilines is 1. The van der Waals surface area contributed by atoms with Gasteiger partial charge in [-0.25, -0.2) is 0 Å². The Bertz CT molecular complexity index is 240. The van der Waals surface area contributed by atoms with Gasteiger partial charge in [-0.1, -0.05) is 12.1 Å². The summed E-state index contributed by atoms with van der Waals surface area (Å²) in [6.45, 7) is 0. The normalized spacial score (nSPS) is 9.50. The van der Waals surface area contributed by atoms with Crippen LogP contribution in [0.5, 0.6) is 5.75 Å². The number of benzene rings is 1. The monoisotopic (exact) mass is 168 g/mol. The first kappa shape index (κ1) is 8.83. The summed E-state index contributed by atoms with van der Waals surface area (Å²) in [6, 6.07) is 7.55. The van der Waals surface area contributed by atoms with E-state index in [2.05, 4.69) is 15.9 Å². The molecule has 0 heterocycles. The summed E-state index contributed by atoms with van der Waals surface area (Å²) in [5, 5.41) is 0. The third-order valence-corrected chi connectivity index (χ3v) is 1.39. The summed E-state index contributed by atoms with van der Waals surface area (Å²) in [4.78, 5) is 4.63. The smallest absolute Gasteiger partial charge is 0.143 e. The summed E-state index contributed by atoms with van der Waals surface area (Å²) in [6.07, 6.45) is 0. The molecule has 0 unspecified atom stereocenters. The van der Waals surface area contributed by atoms with Crippen molar-refractivity contribution in [3.63, 3.8) is 0 Å². The van der Waals surface area contributed by atoms with Gasteiger partial charge in [-0.3, -0.25) is 10.3 Å². The van der Waals surface area contributed by atoms with E-state index in [-0.39, 0.29) is 0 Å². The van der Waals surface area contributed by atoms with Gasteiger partial charge in [0.1, 0.15) is 5.75 Å². The second-order valence-corrected chi connectivity index (χ2v) is 2.13. The molecule has 2 N–H and O–H groups in total. The molecule has 0 saturated carbocycles. The Morgan fingerprint density at radius 3 is 2.58 bits per heavy atom. The van der Waals surface area contributed by atoms with Crippen molar-refractivity contribution in [1.29, 1.82) is 0 Å². The number of ether oxygens (including phenoxy) is 1. The fourth-order valence-corrected chi connectivity index (χ4v) is 0.854. The minimum Gasteiger partial charge on any atom is -0.495 e. The van der Waals surface area contributed by atoms with E-state index in [9.17, 15) is 0 Å². The molecule has 66 valence electrons. The third-order valence-electron chi connectivity index (χ3n) is 1.39. The lowest BCUT2D eigenvalue weighted by Gasteiger charge is -2.09. The van der Waals surface area contributed by atoms with E-state index in [4.69, 9.17) is 4.74 Å². The summed E-state index contributed by atoms with van der Waals surface area (Å²) < 4.78 is 5.08. The summed E-state index contributed by atoms with van der Waals surface area (Å²) in [7, 11) is 3.15. The van der Waals surface area contributed by atoms with Gasteiger partial charge in [0.05, 0.1) is 19.9 Å². The highest BCUT2D eigenvalue weighted by molar-refractivity contribution is 5.55. The summed E-state index contributed by atoms with van der Waals surface area (Å²) in [5.41, 5.74) is 6.16. The SMILES string of the molecule is CONNc1ccccc1OC. The van der Waals surface area contributed by atoms with Crippen LogP contribution < -0.4 is 15.8 Å². The van der Waals surface area contributed by atoms with Crippen LogP contribution in [0.1, 0.15) is 0 Å². The highest BCUT2D eigenvalue weighted by Gasteiger charge is 1.97. The van der Waals surface area contributed by atoms with Gasteiger partial charge in [0.25, 0.3) is 0 Å². The first-order valence-electron chi connectivity index (χ1n) is 3.55. The van der Waals surface area contributed by atoms with E-state index in [0.717, 1.165) is 11.4 Å². The summed E-state index contributed by atoms with van der Waals surface area (Å²) in [5.74, 6) is 0.766. The number of hydrogen-bond donors (Lipinski definition) is 2. The average molecular weight is 168 g/mol. The fourth-order valence-electron chi connectivity index (χ4n) is 0.854. The molecule has 0 amide bonds. The third kappa shape index (κ3) is 2.11. The molecule has 0 aliphatic heterocycles. The maximum Gasteiger partial charge on any atom is 0.143 e. The lowest BCUT2D eigenvalue weighted by molar-refractivity contribution is 0.111. The first-order valence-corrected chi connectivity index (χ1v) is 3.55. The molecule has 1 aromatic carbocycles. The van der Waals surface area contributed by atoms with Crippen LogP contribution >= 0.6 is 0 Å². The Morgan fingerprint density at radius 2 is 1.92 bits per heavy atom. The number of para-hydroxylation sites is 2. The Kier molecular flexibility index (Phi) is 3.37. The Hall–Kier alpha value is -1.26. The van der Waals surface area contributed by atoms with Crippen LogP contribution in [0.2, 0.25) is 0 Å².